The first-order valence-corrected chi connectivity index (χ1v) is 12.5. The van der Waals surface area contributed by atoms with Gasteiger partial charge in [0, 0.05) is 36.6 Å². The molecule has 178 valence electrons. The van der Waals surface area contributed by atoms with E-state index in [0.29, 0.717) is 18.4 Å². The highest BCUT2D eigenvalue weighted by molar-refractivity contribution is 5.79. The lowest BCUT2D eigenvalue weighted by Crippen LogP contribution is -2.59. The van der Waals surface area contributed by atoms with Crippen molar-refractivity contribution in [1.82, 2.24) is 16.0 Å². The van der Waals surface area contributed by atoms with E-state index >= 15 is 0 Å². The first-order chi connectivity index (χ1) is 14.8. The van der Waals surface area contributed by atoms with Crippen molar-refractivity contribution in [3.8, 4) is 0 Å². The van der Waals surface area contributed by atoms with Crippen LogP contribution in [0, 0.1) is 29.6 Å². The topological polar surface area (TPSA) is 53.2 Å². The number of hydrogen-bond acceptors (Lipinski definition) is 3. The molecule has 0 aromatic heterocycles. The highest BCUT2D eigenvalue weighted by Crippen LogP contribution is 2.46. The van der Waals surface area contributed by atoms with E-state index in [4.69, 9.17) is 0 Å². The number of carbonyl (C=O) groups excluding carboxylic acids is 1. The van der Waals surface area contributed by atoms with Crippen LogP contribution < -0.4 is 16.0 Å². The fourth-order valence-electron chi connectivity index (χ4n) is 7.27. The number of amides is 1. The van der Waals surface area contributed by atoms with Gasteiger partial charge in [-0.05, 0) is 76.0 Å². The SMILES string of the molecule is CCCC1CCC2NC(C3CNC4C(F)C(F)C(F)CC34)CCC2C1C(=O)NC(C)C. The Hall–Kier alpha value is -0.820. The van der Waals surface area contributed by atoms with E-state index in [2.05, 4.69) is 22.9 Å². The molecule has 4 fully saturated rings. The molecule has 0 bridgehead atoms. The smallest absolute Gasteiger partial charge is 0.223 e. The Kier molecular flexibility index (Phi) is 7.21. The zero-order chi connectivity index (χ0) is 22.3. The summed E-state index contributed by atoms with van der Waals surface area (Å²) in [5, 5.41) is 10.1. The summed E-state index contributed by atoms with van der Waals surface area (Å²) in [7, 11) is 0. The Labute approximate surface area is 184 Å². The minimum atomic E-state index is -2.01. The van der Waals surface area contributed by atoms with Gasteiger partial charge in [-0.1, -0.05) is 13.3 Å². The maximum Gasteiger partial charge on any atom is 0.223 e. The summed E-state index contributed by atoms with van der Waals surface area (Å²) in [5.74, 6) is 0.924. The van der Waals surface area contributed by atoms with Gasteiger partial charge in [0.1, 0.15) is 12.3 Å². The fraction of sp³-hybridized carbons (Fsp3) is 0.958. The van der Waals surface area contributed by atoms with Crippen LogP contribution in [-0.4, -0.2) is 55.1 Å². The van der Waals surface area contributed by atoms with Crippen molar-refractivity contribution in [2.45, 2.75) is 108 Å². The number of piperidine rings is 1. The molecular formula is C24H40F3N3O. The van der Waals surface area contributed by atoms with E-state index in [-0.39, 0.29) is 48.2 Å². The predicted octanol–water partition coefficient (Wildman–Crippen LogP) is 3.70. The predicted molar refractivity (Wildman–Crippen MR) is 116 cm³/mol. The summed E-state index contributed by atoms with van der Waals surface area (Å²) in [6, 6.07) is 0.00906. The molecule has 4 aliphatic rings. The molecule has 11 atom stereocenters. The number of rotatable bonds is 5. The first kappa shape index (κ1) is 23.3. The van der Waals surface area contributed by atoms with Crippen molar-refractivity contribution < 1.29 is 18.0 Å². The van der Waals surface area contributed by atoms with E-state index in [9.17, 15) is 18.0 Å². The van der Waals surface area contributed by atoms with Gasteiger partial charge in [-0.3, -0.25) is 4.79 Å². The minimum absolute atomic E-state index is 0.0384. The average Bonchev–Trinajstić information content (AvgIpc) is 3.15. The van der Waals surface area contributed by atoms with Crippen LogP contribution in [0.3, 0.4) is 0 Å². The number of carbonyl (C=O) groups is 1. The largest absolute Gasteiger partial charge is 0.354 e. The van der Waals surface area contributed by atoms with Crippen molar-refractivity contribution >= 4 is 5.91 Å². The molecule has 3 N–H and O–H groups in total. The molecule has 1 amide bonds. The van der Waals surface area contributed by atoms with Crippen molar-refractivity contribution in [2.24, 2.45) is 29.6 Å². The molecule has 0 spiro atoms. The standard InChI is InChI=1S/C24H40F3N3O/c1-4-5-13-6-8-18-14(20(13)24(31)29-12(2)3)7-9-19(30-18)16-11-28-23-15(16)10-17(25)21(26)22(23)27/h12-23,28,30H,4-11H2,1-3H3,(H,29,31). The van der Waals surface area contributed by atoms with Crippen LogP contribution in [0.15, 0.2) is 0 Å². The van der Waals surface area contributed by atoms with Crippen LogP contribution in [-0.2, 0) is 4.79 Å². The third kappa shape index (κ3) is 4.50. The van der Waals surface area contributed by atoms with Gasteiger partial charge in [0.05, 0.1) is 0 Å². The third-order valence-electron chi connectivity index (χ3n) is 8.57. The van der Waals surface area contributed by atoms with Crippen molar-refractivity contribution in [1.29, 1.82) is 0 Å². The molecule has 11 unspecified atom stereocenters. The van der Waals surface area contributed by atoms with Crippen molar-refractivity contribution in [3.63, 3.8) is 0 Å². The van der Waals surface area contributed by atoms with Gasteiger partial charge in [0.15, 0.2) is 6.17 Å². The molecule has 7 heteroatoms. The molecule has 4 nitrogen and oxygen atoms in total. The Bertz CT molecular complexity index is 635. The summed E-state index contributed by atoms with van der Waals surface area (Å²) < 4.78 is 42.4. The molecule has 2 aliphatic carbocycles. The maximum atomic E-state index is 14.4. The fourth-order valence-corrected chi connectivity index (χ4v) is 7.27. The number of fused-ring (bicyclic) bond motifs is 2. The molecule has 2 aliphatic heterocycles. The van der Waals surface area contributed by atoms with Gasteiger partial charge in [-0.25, -0.2) is 13.2 Å². The second-order valence-corrected chi connectivity index (χ2v) is 10.8. The van der Waals surface area contributed by atoms with E-state index in [1.165, 1.54) is 0 Å². The molecule has 0 aromatic carbocycles. The lowest BCUT2D eigenvalue weighted by atomic mass is 9.63. The summed E-state index contributed by atoms with van der Waals surface area (Å²) in [6.45, 7) is 6.81. The molecule has 2 saturated carbocycles. The summed E-state index contributed by atoms with van der Waals surface area (Å²) in [5.41, 5.74) is 0. The van der Waals surface area contributed by atoms with Gasteiger partial charge in [-0.15, -0.1) is 0 Å². The first-order valence-electron chi connectivity index (χ1n) is 12.5. The van der Waals surface area contributed by atoms with Gasteiger partial charge < -0.3 is 16.0 Å². The Morgan fingerprint density at radius 3 is 2.42 bits per heavy atom. The average molecular weight is 444 g/mol. The number of alkyl halides is 3. The zero-order valence-corrected chi connectivity index (χ0v) is 19.1. The van der Waals surface area contributed by atoms with Crippen LogP contribution in [0.25, 0.3) is 0 Å². The van der Waals surface area contributed by atoms with Crippen LogP contribution >= 0.6 is 0 Å². The van der Waals surface area contributed by atoms with Gasteiger partial charge in [-0.2, -0.15) is 0 Å². The molecule has 2 saturated heterocycles. The molecule has 0 radical (unpaired) electrons. The summed E-state index contributed by atoms with van der Waals surface area (Å²) in [4.78, 5) is 13.1. The van der Waals surface area contributed by atoms with Crippen molar-refractivity contribution in [3.05, 3.63) is 0 Å². The van der Waals surface area contributed by atoms with E-state index in [1.54, 1.807) is 0 Å². The Morgan fingerprint density at radius 1 is 1.00 bits per heavy atom. The van der Waals surface area contributed by atoms with Crippen LogP contribution in [0.4, 0.5) is 13.2 Å². The van der Waals surface area contributed by atoms with Crippen molar-refractivity contribution in [2.75, 3.05) is 6.54 Å². The van der Waals surface area contributed by atoms with E-state index in [0.717, 1.165) is 38.5 Å². The van der Waals surface area contributed by atoms with Gasteiger partial charge in [0.2, 0.25) is 5.91 Å². The quantitative estimate of drug-likeness (QED) is 0.607. The second kappa shape index (κ2) is 9.58. The normalized spacial score (nSPS) is 47.6. The van der Waals surface area contributed by atoms with Crippen LogP contribution in [0.5, 0.6) is 0 Å². The number of hydrogen-bond donors (Lipinski definition) is 3. The second-order valence-electron chi connectivity index (χ2n) is 10.8. The molecule has 31 heavy (non-hydrogen) atoms. The zero-order valence-electron chi connectivity index (χ0n) is 19.1. The highest BCUT2D eigenvalue weighted by atomic mass is 19.2. The molecular weight excluding hydrogens is 403 g/mol. The summed E-state index contributed by atoms with van der Waals surface area (Å²) in [6.07, 6.45) is 0.776. The van der Waals surface area contributed by atoms with E-state index in [1.807, 2.05) is 13.8 Å². The summed E-state index contributed by atoms with van der Waals surface area (Å²) >= 11 is 0. The number of halogens is 3. The third-order valence-corrected chi connectivity index (χ3v) is 8.57. The Balaban J connectivity index is 1.45. The Morgan fingerprint density at radius 2 is 1.71 bits per heavy atom. The van der Waals surface area contributed by atoms with Gasteiger partial charge >= 0.3 is 0 Å². The van der Waals surface area contributed by atoms with E-state index < -0.39 is 24.6 Å². The minimum Gasteiger partial charge on any atom is -0.354 e. The lowest BCUT2D eigenvalue weighted by molar-refractivity contribution is -0.132. The maximum absolute atomic E-state index is 14.4. The van der Waals surface area contributed by atoms with Gasteiger partial charge in [0.25, 0.3) is 0 Å². The van der Waals surface area contributed by atoms with Crippen LogP contribution in [0.1, 0.15) is 65.7 Å². The monoisotopic (exact) mass is 443 g/mol. The molecule has 0 aromatic rings. The molecule has 4 rings (SSSR count). The highest BCUT2D eigenvalue weighted by Gasteiger charge is 2.54. The lowest BCUT2D eigenvalue weighted by Gasteiger charge is -2.49. The molecule has 2 heterocycles. The number of nitrogens with one attached hydrogen (secondary N) is 3. The van der Waals surface area contributed by atoms with Crippen LogP contribution in [0.2, 0.25) is 0 Å².